The molecule has 3 aromatic carbocycles. The zero-order valence-electron chi connectivity index (χ0n) is 12.6. The van der Waals surface area contributed by atoms with Crippen LogP contribution >= 0.6 is 0 Å². The number of hydrogen-bond donors (Lipinski definition) is 2. The second kappa shape index (κ2) is 7.06. The molecule has 0 amide bonds. The van der Waals surface area contributed by atoms with Gasteiger partial charge in [-0.25, -0.2) is 8.42 Å². The number of benzene rings is 3. The third kappa shape index (κ3) is 4.05. The summed E-state index contributed by atoms with van der Waals surface area (Å²) >= 11 is 0. The Bertz CT molecular complexity index is 878. The van der Waals surface area contributed by atoms with Gasteiger partial charge in [-0.2, -0.15) is 0 Å². The maximum absolute atomic E-state index is 10.9. The van der Waals surface area contributed by atoms with E-state index in [1.807, 2.05) is 0 Å². The van der Waals surface area contributed by atoms with Gasteiger partial charge in [0.15, 0.2) is 10.7 Å². The zero-order chi connectivity index (χ0) is 16.9. The Hall–Kier alpha value is -2.99. The molecule has 0 unspecified atom stereocenters. The van der Waals surface area contributed by atoms with E-state index >= 15 is 0 Å². The molecule has 0 radical (unpaired) electrons. The molecule has 3 rings (SSSR count). The van der Waals surface area contributed by atoms with Gasteiger partial charge < -0.3 is 15.2 Å². The Balaban J connectivity index is 1.66. The maximum Gasteiger partial charge on any atom is 0.168 e. The van der Waals surface area contributed by atoms with Crippen LogP contribution < -0.4 is 15.2 Å². The molecule has 0 aliphatic carbocycles. The van der Waals surface area contributed by atoms with E-state index in [0.29, 0.717) is 28.7 Å². The fourth-order valence-corrected chi connectivity index (χ4v) is 2.41. The average Bonchev–Trinajstić information content (AvgIpc) is 2.59. The van der Waals surface area contributed by atoms with Crippen LogP contribution in [0.2, 0.25) is 0 Å². The molecule has 3 aromatic rings. The number of thiol groups is 1. The zero-order valence-corrected chi connectivity index (χ0v) is 13.5. The first kappa shape index (κ1) is 15.9. The van der Waals surface area contributed by atoms with Crippen molar-refractivity contribution < 1.29 is 17.9 Å². The van der Waals surface area contributed by atoms with Gasteiger partial charge in [0.25, 0.3) is 0 Å². The van der Waals surface area contributed by atoms with Crippen LogP contribution in [-0.4, -0.2) is 8.42 Å². The number of hydrogen-bond acceptors (Lipinski definition) is 5. The van der Waals surface area contributed by atoms with Crippen molar-refractivity contribution in [1.29, 1.82) is 0 Å². The summed E-state index contributed by atoms with van der Waals surface area (Å²) in [5, 5.41) is 0. The number of nitrogens with two attached hydrogens (primary N) is 1. The van der Waals surface area contributed by atoms with Gasteiger partial charge in [0.1, 0.15) is 23.0 Å². The molecule has 0 aliphatic rings. The number of ether oxygens (including phenoxy) is 2. The number of nitrogen functional groups attached to an aromatic ring is 1. The summed E-state index contributed by atoms with van der Waals surface area (Å²) in [6.07, 6.45) is 0. The molecule has 2 N–H and O–H groups in total. The van der Waals surface area contributed by atoms with Crippen LogP contribution in [0.5, 0.6) is 23.0 Å². The lowest BCUT2D eigenvalue weighted by Gasteiger charge is -2.08. The molecule has 6 heteroatoms. The highest BCUT2D eigenvalue weighted by Gasteiger charge is 2.01. The van der Waals surface area contributed by atoms with Gasteiger partial charge in [-0.05, 0) is 72.8 Å². The van der Waals surface area contributed by atoms with E-state index in [0.717, 1.165) is 0 Å². The molecule has 0 saturated carbocycles. The molecule has 0 bridgehead atoms. The fourth-order valence-electron chi connectivity index (χ4n) is 2.02. The van der Waals surface area contributed by atoms with Crippen molar-refractivity contribution >= 4 is 16.4 Å². The van der Waals surface area contributed by atoms with Gasteiger partial charge in [0, 0.05) is 5.69 Å². The van der Waals surface area contributed by atoms with Gasteiger partial charge in [0.05, 0.1) is 4.90 Å². The first-order valence-electron chi connectivity index (χ1n) is 7.16. The first-order chi connectivity index (χ1) is 11.6. The minimum absolute atomic E-state index is 0.254. The molecule has 122 valence electrons. The van der Waals surface area contributed by atoms with Crippen LogP contribution in [-0.2, 0) is 10.7 Å². The third-order valence-electron chi connectivity index (χ3n) is 3.22. The summed E-state index contributed by atoms with van der Waals surface area (Å²) in [5.74, 6) is 2.55. The van der Waals surface area contributed by atoms with Crippen LogP contribution in [0.4, 0.5) is 5.69 Å². The Morgan fingerprint density at radius 2 is 0.917 bits per heavy atom. The van der Waals surface area contributed by atoms with Gasteiger partial charge in [-0.1, -0.05) is 0 Å². The lowest BCUT2D eigenvalue weighted by molar-refractivity contribution is 0.469. The summed E-state index contributed by atoms with van der Waals surface area (Å²) < 4.78 is 33.1. The van der Waals surface area contributed by atoms with Crippen molar-refractivity contribution in [3.8, 4) is 23.0 Å². The van der Waals surface area contributed by atoms with E-state index in [9.17, 15) is 8.42 Å². The average molecular weight is 341 g/mol. The summed E-state index contributed by atoms with van der Waals surface area (Å²) in [5.41, 5.74) is 6.31. The predicted octanol–water partition coefficient (Wildman–Crippen LogP) is 3.82. The van der Waals surface area contributed by atoms with E-state index in [1.165, 1.54) is 12.1 Å². The van der Waals surface area contributed by atoms with E-state index in [4.69, 9.17) is 15.2 Å². The Morgan fingerprint density at radius 3 is 1.29 bits per heavy atom. The minimum atomic E-state index is -2.58. The fraction of sp³-hybridized carbons (Fsp3) is 0. The van der Waals surface area contributed by atoms with Crippen molar-refractivity contribution in [1.82, 2.24) is 0 Å². The Kier molecular flexibility index (Phi) is 4.67. The predicted molar refractivity (Wildman–Crippen MR) is 92.5 cm³/mol. The molecule has 0 aromatic heterocycles. The standard InChI is InChI=1S/C18H15NO4S/c19-13-1-3-14(4-2-13)22-15-5-7-16(8-6-15)23-17-9-11-18(12-10-17)24(20)21/h1-12,24H,19H2. The molecular formula is C18H15NO4S. The van der Waals surface area contributed by atoms with Crippen molar-refractivity contribution in [2.24, 2.45) is 0 Å². The van der Waals surface area contributed by atoms with Crippen molar-refractivity contribution in [3.05, 3.63) is 72.8 Å². The highest BCUT2D eigenvalue weighted by atomic mass is 32.2. The van der Waals surface area contributed by atoms with Gasteiger partial charge in [0.2, 0.25) is 0 Å². The minimum Gasteiger partial charge on any atom is -0.457 e. The lowest BCUT2D eigenvalue weighted by atomic mass is 10.3. The highest BCUT2D eigenvalue weighted by Crippen LogP contribution is 2.27. The van der Waals surface area contributed by atoms with E-state index in [-0.39, 0.29) is 4.90 Å². The highest BCUT2D eigenvalue weighted by molar-refractivity contribution is 7.72. The SMILES string of the molecule is Nc1ccc(Oc2ccc(Oc3ccc([SH](=O)=O)cc3)cc2)cc1. The largest absolute Gasteiger partial charge is 0.457 e. The third-order valence-corrected chi connectivity index (χ3v) is 3.94. The summed E-state index contributed by atoms with van der Waals surface area (Å²) in [7, 11) is -2.58. The lowest BCUT2D eigenvalue weighted by Crippen LogP contribution is -1.88. The number of anilines is 1. The van der Waals surface area contributed by atoms with E-state index < -0.39 is 10.7 Å². The second-order valence-electron chi connectivity index (χ2n) is 5.00. The van der Waals surface area contributed by atoms with Crippen molar-refractivity contribution in [2.75, 3.05) is 5.73 Å². The summed E-state index contributed by atoms with van der Waals surface area (Å²) in [4.78, 5) is 0.254. The molecule has 0 atom stereocenters. The van der Waals surface area contributed by atoms with Crippen molar-refractivity contribution in [2.45, 2.75) is 4.90 Å². The topological polar surface area (TPSA) is 78.6 Å². The van der Waals surface area contributed by atoms with Crippen molar-refractivity contribution in [3.63, 3.8) is 0 Å². The van der Waals surface area contributed by atoms with Crippen LogP contribution in [0.15, 0.2) is 77.7 Å². The molecule has 0 aliphatic heterocycles. The van der Waals surface area contributed by atoms with Crippen LogP contribution in [0, 0.1) is 0 Å². The summed E-state index contributed by atoms with van der Waals surface area (Å²) in [6.45, 7) is 0. The second-order valence-corrected chi connectivity index (χ2v) is 6.03. The molecule has 0 fully saturated rings. The smallest absolute Gasteiger partial charge is 0.168 e. The van der Waals surface area contributed by atoms with Crippen LogP contribution in [0.3, 0.4) is 0 Å². The molecule has 0 spiro atoms. The van der Waals surface area contributed by atoms with Gasteiger partial charge >= 0.3 is 0 Å². The van der Waals surface area contributed by atoms with Crippen LogP contribution in [0.25, 0.3) is 0 Å². The quantitative estimate of drug-likeness (QED) is 0.545. The maximum atomic E-state index is 10.9. The van der Waals surface area contributed by atoms with E-state index in [1.54, 1.807) is 60.7 Å². The monoisotopic (exact) mass is 341 g/mol. The first-order valence-corrected chi connectivity index (χ1v) is 8.34. The van der Waals surface area contributed by atoms with Gasteiger partial charge in [-0.3, -0.25) is 0 Å². The Labute approximate surface area is 141 Å². The van der Waals surface area contributed by atoms with Gasteiger partial charge in [-0.15, -0.1) is 0 Å². The molecular weight excluding hydrogens is 326 g/mol. The van der Waals surface area contributed by atoms with E-state index in [2.05, 4.69) is 0 Å². The normalized spacial score (nSPS) is 10.5. The summed E-state index contributed by atoms with van der Waals surface area (Å²) in [6, 6.07) is 20.5. The Morgan fingerprint density at radius 1 is 0.583 bits per heavy atom. The molecule has 0 heterocycles. The number of rotatable bonds is 5. The molecule has 5 nitrogen and oxygen atoms in total. The molecule has 24 heavy (non-hydrogen) atoms. The molecule has 0 saturated heterocycles. The van der Waals surface area contributed by atoms with Crippen LogP contribution in [0.1, 0.15) is 0 Å².